The van der Waals surface area contributed by atoms with Gasteiger partial charge >= 0.3 is 0 Å². The zero-order valence-corrected chi connectivity index (χ0v) is 14.1. The first-order valence-corrected chi connectivity index (χ1v) is 8.78. The van der Waals surface area contributed by atoms with E-state index in [0.717, 1.165) is 17.5 Å². The third kappa shape index (κ3) is 2.85. The number of halogens is 2. The molecule has 2 unspecified atom stereocenters. The van der Waals surface area contributed by atoms with Gasteiger partial charge in [0.25, 0.3) is 0 Å². The number of ether oxygens (including phenoxy) is 1. The molecule has 0 radical (unpaired) electrons. The average molecular weight is 356 g/mol. The Morgan fingerprint density at radius 2 is 2.10 bits per heavy atom. The standard InChI is InChI=1S/C17H23BrFNO/c1-2-21-16-11-15(17(16)8-4-3-5-9-17)20-14-10-12(18)6-7-13(14)19/h6-7,10,15-16,20H,2-5,8-9,11H2,1H3. The maximum Gasteiger partial charge on any atom is 0.146 e. The first-order valence-electron chi connectivity index (χ1n) is 7.99. The second-order valence-corrected chi connectivity index (χ2v) is 7.21. The summed E-state index contributed by atoms with van der Waals surface area (Å²) in [6.45, 7) is 2.83. The summed E-state index contributed by atoms with van der Waals surface area (Å²) >= 11 is 3.42. The van der Waals surface area contributed by atoms with E-state index >= 15 is 0 Å². The van der Waals surface area contributed by atoms with Crippen molar-refractivity contribution in [2.75, 3.05) is 11.9 Å². The molecule has 0 bridgehead atoms. The van der Waals surface area contributed by atoms with Crippen LogP contribution < -0.4 is 5.32 Å². The van der Waals surface area contributed by atoms with Crippen molar-refractivity contribution in [2.24, 2.45) is 5.41 Å². The predicted molar refractivity (Wildman–Crippen MR) is 87.1 cm³/mol. The third-order valence-corrected chi connectivity index (χ3v) is 5.69. The SMILES string of the molecule is CCOC1CC(Nc2cc(Br)ccc2F)C12CCCCC2. The summed E-state index contributed by atoms with van der Waals surface area (Å²) < 4.78 is 20.8. The van der Waals surface area contributed by atoms with Crippen LogP contribution in [0.15, 0.2) is 22.7 Å². The minimum atomic E-state index is -0.177. The summed E-state index contributed by atoms with van der Waals surface area (Å²) in [7, 11) is 0. The van der Waals surface area contributed by atoms with Gasteiger partial charge in [0.05, 0.1) is 11.8 Å². The van der Waals surface area contributed by atoms with Crippen LogP contribution in [0.25, 0.3) is 0 Å². The van der Waals surface area contributed by atoms with Gasteiger partial charge < -0.3 is 10.1 Å². The lowest BCUT2D eigenvalue weighted by Crippen LogP contribution is -2.62. The molecule has 116 valence electrons. The van der Waals surface area contributed by atoms with Crippen LogP contribution in [0.4, 0.5) is 10.1 Å². The van der Waals surface area contributed by atoms with Gasteiger partial charge in [0, 0.05) is 22.5 Å². The van der Waals surface area contributed by atoms with Crippen molar-refractivity contribution in [3.05, 3.63) is 28.5 Å². The van der Waals surface area contributed by atoms with Gasteiger partial charge in [-0.25, -0.2) is 4.39 Å². The van der Waals surface area contributed by atoms with Gasteiger partial charge in [-0.15, -0.1) is 0 Å². The Kier molecular flexibility index (Phi) is 4.55. The maximum absolute atomic E-state index is 14.0. The van der Waals surface area contributed by atoms with E-state index in [9.17, 15) is 4.39 Å². The van der Waals surface area contributed by atoms with Gasteiger partial charge in [-0.2, -0.15) is 0 Å². The summed E-state index contributed by atoms with van der Waals surface area (Å²) in [5, 5.41) is 3.45. The monoisotopic (exact) mass is 355 g/mol. The van der Waals surface area contributed by atoms with Crippen LogP contribution in [0.5, 0.6) is 0 Å². The summed E-state index contributed by atoms with van der Waals surface area (Å²) in [5.41, 5.74) is 0.817. The molecule has 1 spiro atoms. The van der Waals surface area contributed by atoms with Crippen LogP contribution in [0.3, 0.4) is 0 Å². The van der Waals surface area contributed by atoms with E-state index in [-0.39, 0.29) is 11.2 Å². The van der Waals surface area contributed by atoms with Gasteiger partial charge in [0.2, 0.25) is 0 Å². The lowest BCUT2D eigenvalue weighted by atomic mass is 9.55. The van der Waals surface area contributed by atoms with Crippen molar-refractivity contribution in [2.45, 2.75) is 57.6 Å². The number of rotatable bonds is 4. The Bertz CT molecular complexity index is 502. The number of anilines is 1. The van der Waals surface area contributed by atoms with Crippen molar-refractivity contribution < 1.29 is 9.13 Å². The highest BCUT2D eigenvalue weighted by Crippen LogP contribution is 2.54. The number of hydrogen-bond acceptors (Lipinski definition) is 2. The number of nitrogens with one attached hydrogen (secondary N) is 1. The Labute approximate surface area is 134 Å². The second kappa shape index (κ2) is 6.25. The molecule has 0 aliphatic heterocycles. The first kappa shape index (κ1) is 15.3. The maximum atomic E-state index is 14.0. The fraction of sp³-hybridized carbons (Fsp3) is 0.647. The van der Waals surface area contributed by atoms with Crippen LogP contribution in [-0.2, 0) is 4.74 Å². The molecule has 1 N–H and O–H groups in total. The summed E-state index contributed by atoms with van der Waals surface area (Å²) in [6.07, 6.45) is 7.58. The van der Waals surface area contributed by atoms with Gasteiger partial charge in [0.1, 0.15) is 5.82 Å². The lowest BCUT2D eigenvalue weighted by Gasteiger charge is -2.58. The quantitative estimate of drug-likeness (QED) is 0.808. The van der Waals surface area contributed by atoms with Crippen molar-refractivity contribution in [3.63, 3.8) is 0 Å². The minimum Gasteiger partial charge on any atom is -0.379 e. The van der Waals surface area contributed by atoms with E-state index < -0.39 is 0 Å². The molecule has 0 aromatic heterocycles. The molecule has 1 aromatic carbocycles. The van der Waals surface area contributed by atoms with Crippen LogP contribution >= 0.6 is 15.9 Å². The van der Waals surface area contributed by atoms with Crippen LogP contribution in [0.1, 0.15) is 45.4 Å². The molecule has 0 amide bonds. The highest BCUT2D eigenvalue weighted by molar-refractivity contribution is 9.10. The smallest absolute Gasteiger partial charge is 0.146 e. The van der Waals surface area contributed by atoms with E-state index in [0.29, 0.717) is 17.8 Å². The molecule has 3 rings (SSSR count). The fourth-order valence-electron chi connectivity index (χ4n) is 4.06. The van der Waals surface area contributed by atoms with Crippen molar-refractivity contribution >= 4 is 21.6 Å². The van der Waals surface area contributed by atoms with Gasteiger partial charge in [-0.3, -0.25) is 0 Å². The van der Waals surface area contributed by atoms with Gasteiger partial charge in [0.15, 0.2) is 0 Å². The highest BCUT2D eigenvalue weighted by atomic mass is 79.9. The Morgan fingerprint density at radius 1 is 1.33 bits per heavy atom. The predicted octanol–water partition coefficient (Wildman–Crippen LogP) is 5.13. The van der Waals surface area contributed by atoms with Gasteiger partial charge in [-0.05, 0) is 44.4 Å². The van der Waals surface area contributed by atoms with Crippen molar-refractivity contribution in [3.8, 4) is 0 Å². The molecule has 2 fully saturated rings. The number of hydrogen-bond donors (Lipinski definition) is 1. The summed E-state index contributed by atoms with van der Waals surface area (Å²) in [4.78, 5) is 0. The van der Waals surface area contributed by atoms with Crippen LogP contribution in [-0.4, -0.2) is 18.8 Å². The molecule has 2 atom stereocenters. The van der Waals surface area contributed by atoms with E-state index in [4.69, 9.17) is 4.74 Å². The van der Waals surface area contributed by atoms with E-state index in [1.54, 1.807) is 6.07 Å². The number of benzene rings is 1. The van der Waals surface area contributed by atoms with Gasteiger partial charge in [-0.1, -0.05) is 35.2 Å². The second-order valence-electron chi connectivity index (χ2n) is 6.29. The molecular formula is C17H23BrFNO. The third-order valence-electron chi connectivity index (χ3n) is 5.20. The molecule has 2 nitrogen and oxygen atoms in total. The first-order chi connectivity index (χ1) is 10.2. The topological polar surface area (TPSA) is 21.3 Å². The molecule has 0 heterocycles. The fourth-order valence-corrected chi connectivity index (χ4v) is 4.42. The highest BCUT2D eigenvalue weighted by Gasteiger charge is 2.55. The molecule has 2 saturated carbocycles. The zero-order chi connectivity index (χ0) is 14.9. The van der Waals surface area contributed by atoms with E-state index in [2.05, 4.69) is 28.2 Å². The molecule has 2 aliphatic rings. The average Bonchev–Trinajstić information content (AvgIpc) is 2.50. The minimum absolute atomic E-state index is 0.177. The lowest BCUT2D eigenvalue weighted by molar-refractivity contribution is -0.134. The zero-order valence-electron chi connectivity index (χ0n) is 12.5. The van der Waals surface area contributed by atoms with Crippen LogP contribution in [0, 0.1) is 11.2 Å². The Hall–Kier alpha value is -0.610. The van der Waals surface area contributed by atoms with Crippen molar-refractivity contribution in [1.82, 2.24) is 0 Å². The molecule has 4 heteroatoms. The van der Waals surface area contributed by atoms with E-state index in [1.165, 1.54) is 38.2 Å². The largest absolute Gasteiger partial charge is 0.379 e. The molecular weight excluding hydrogens is 333 g/mol. The summed E-state index contributed by atoms with van der Waals surface area (Å²) in [5.74, 6) is -0.177. The normalized spacial score (nSPS) is 27.4. The Balaban J connectivity index is 1.77. The van der Waals surface area contributed by atoms with Crippen LogP contribution in [0.2, 0.25) is 0 Å². The van der Waals surface area contributed by atoms with Crippen molar-refractivity contribution in [1.29, 1.82) is 0 Å². The van der Waals surface area contributed by atoms with E-state index in [1.807, 2.05) is 6.07 Å². The molecule has 21 heavy (non-hydrogen) atoms. The molecule has 0 saturated heterocycles. The summed E-state index contributed by atoms with van der Waals surface area (Å²) in [6, 6.07) is 5.41. The molecule has 1 aromatic rings. The Morgan fingerprint density at radius 3 is 2.81 bits per heavy atom. The molecule has 2 aliphatic carbocycles.